The zero-order valence-corrected chi connectivity index (χ0v) is 13.1. The van der Waals surface area contributed by atoms with Crippen LogP contribution in [0.5, 0.6) is 0 Å². The third-order valence-corrected chi connectivity index (χ3v) is 4.46. The first-order valence-electron chi connectivity index (χ1n) is 8.43. The Morgan fingerprint density at radius 3 is 2.41 bits per heavy atom. The van der Waals surface area contributed by atoms with E-state index in [1.165, 1.54) is 43.2 Å². The maximum absolute atomic E-state index is 3.81. The van der Waals surface area contributed by atoms with Crippen LogP contribution >= 0.6 is 0 Å². The van der Waals surface area contributed by atoms with E-state index < -0.39 is 0 Å². The Labute approximate surface area is 134 Å². The summed E-state index contributed by atoms with van der Waals surface area (Å²) in [6.45, 7) is 0. The molecule has 1 heterocycles. The fraction of sp³-hybridized carbons (Fsp3) is 0.333. The molecule has 0 aromatic heterocycles. The zero-order valence-electron chi connectivity index (χ0n) is 13.1. The summed E-state index contributed by atoms with van der Waals surface area (Å²) in [7, 11) is 0. The summed E-state index contributed by atoms with van der Waals surface area (Å²) in [4.78, 5) is 0. The van der Waals surface area contributed by atoms with Gasteiger partial charge < -0.3 is 5.32 Å². The molecule has 2 aromatic carbocycles. The highest BCUT2D eigenvalue weighted by atomic mass is 15.0. The van der Waals surface area contributed by atoms with Gasteiger partial charge in [-0.05, 0) is 36.8 Å². The van der Waals surface area contributed by atoms with E-state index in [1.54, 1.807) is 0 Å². The van der Waals surface area contributed by atoms with Crippen molar-refractivity contribution >= 4 is 6.08 Å². The van der Waals surface area contributed by atoms with E-state index in [4.69, 9.17) is 0 Å². The van der Waals surface area contributed by atoms with E-state index in [0.717, 1.165) is 0 Å². The Balaban J connectivity index is 1.50. The monoisotopic (exact) mass is 291 g/mol. The van der Waals surface area contributed by atoms with Gasteiger partial charge in [-0.25, -0.2) is 0 Å². The molecule has 2 atom stereocenters. The standard InChI is InChI=1S/C21H25N/c1-3-8-18(9-4-1)14-16-20-12-7-13-21(22-20)17-15-19-10-5-2-6-11-19/h1-6,8-11,14,16,20-22H,7,12-13,15,17H2/b16-14+/t20-,21?/m0/s1. The fourth-order valence-corrected chi connectivity index (χ4v) is 3.21. The number of hydrogen-bond donors (Lipinski definition) is 1. The van der Waals surface area contributed by atoms with Crippen LogP contribution < -0.4 is 5.32 Å². The van der Waals surface area contributed by atoms with Gasteiger partial charge in [0.1, 0.15) is 0 Å². The molecule has 22 heavy (non-hydrogen) atoms. The van der Waals surface area contributed by atoms with Crippen molar-refractivity contribution in [1.29, 1.82) is 0 Å². The lowest BCUT2D eigenvalue weighted by Gasteiger charge is -2.29. The summed E-state index contributed by atoms with van der Waals surface area (Å²) in [5, 5.41) is 3.81. The van der Waals surface area contributed by atoms with Crippen LogP contribution in [0.1, 0.15) is 36.8 Å². The van der Waals surface area contributed by atoms with Crippen LogP contribution in [0.3, 0.4) is 0 Å². The highest BCUT2D eigenvalue weighted by Gasteiger charge is 2.18. The minimum atomic E-state index is 0.523. The van der Waals surface area contributed by atoms with Gasteiger partial charge in [-0.3, -0.25) is 0 Å². The van der Waals surface area contributed by atoms with Crippen molar-refractivity contribution in [3.63, 3.8) is 0 Å². The van der Waals surface area contributed by atoms with Gasteiger partial charge in [0.25, 0.3) is 0 Å². The predicted octanol–water partition coefficient (Wildman–Crippen LogP) is 4.84. The van der Waals surface area contributed by atoms with Crippen molar-refractivity contribution < 1.29 is 0 Å². The molecule has 0 aliphatic carbocycles. The van der Waals surface area contributed by atoms with Crippen molar-refractivity contribution in [3.05, 3.63) is 77.9 Å². The van der Waals surface area contributed by atoms with Gasteiger partial charge in [-0.1, -0.05) is 79.2 Å². The van der Waals surface area contributed by atoms with Gasteiger partial charge in [0, 0.05) is 12.1 Å². The second-order valence-corrected chi connectivity index (χ2v) is 6.20. The summed E-state index contributed by atoms with van der Waals surface area (Å²) in [5.74, 6) is 0. The van der Waals surface area contributed by atoms with Crippen LogP contribution in [0.2, 0.25) is 0 Å². The maximum atomic E-state index is 3.81. The molecule has 1 saturated heterocycles. The van der Waals surface area contributed by atoms with E-state index in [0.29, 0.717) is 12.1 Å². The van der Waals surface area contributed by atoms with Crippen LogP contribution in [0.25, 0.3) is 6.08 Å². The van der Waals surface area contributed by atoms with Crippen molar-refractivity contribution in [2.24, 2.45) is 0 Å². The molecule has 3 rings (SSSR count). The average Bonchev–Trinajstić information content (AvgIpc) is 2.60. The molecule has 1 aliphatic heterocycles. The van der Waals surface area contributed by atoms with Gasteiger partial charge in [0.05, 0.1) is 0 Å². The summed E-state index contributed by atoms with van der Waals surface area (Å²) < 4.78 is 0. The summed E-state index contributed by atoms with van der Waals surface area (Å²) in [5.41, 5.74) is 2.74. The second-order valence-electron chi connectivity index (χ2n) is 6.20. The van der Waals surface area contributed by atoms with Crippen molar-refractivity contribution in [2.45, 2.75) is 44.2 Å². The minimum absolute atomic E-state index is 0.523. The number of aryl methyl sites for hydroxylation is 1. The van der Waals surface area contributed by atoms with Crippen LogP contribution in [-0.2, 0) is 6.42 Å². The van der Waals surface area contributed by atoms with Crippen molar-refractivity contribution in [2.75, 3.05) is 0 Å². The van der Waals surface area contributed by atoms with Crippen LogP contribution in [-0.4, -0.2) is 12.1 Å². The molecule has 1 unspecified atom stereocenters. The van der Waals surface area contributed by atoms with Gasteiger partial charge >= 0.3 is 0 Å². The molecule has 0 amide bonds. The summed E-state index contributed by atoms with van der Waals surface area (Å²) >= 11 is 0. The lowest BCUT2D eigenvalue weighted by Crippen LogP contribution is -2.41. The molecule has 0 spiro atoms. The number of piperidine rings is 1. The minimum Gasteiger partial charge on any atom is -0.308 e. The Bertz CT molecular complexity index is 573. The molecule has 2 aromatic rings. The lowest BCUT2D eigenvalue weighted by molar-refractivity contribution is 0.341. The van der Waals surface area contributed by atoms with E-state index in [-0.39, 0.29) is 0 Å². The Hall–Kier alpha value is -1.86. The molecule has 114 valence electrons. The molecular weight excluding hydrogens is 266 g/mol. The highest BCUT2D eigenvalue weighted by Crippen LogP contribution is 2.18. The predicted molar refractivity (Wildman–Crippen MR) is 94.8 cm³/mol. The maximum Gasteiger partial charge on any atom is 0.0255 e. The number of hydrogen-bond acceptors (Lipinski definition) is 1. The van der Waals surface area contributed by atoms with Gasteiger partial charge in [0.2, 0.25) is 0 Å². The topological polar surface area (TPSA) is 12.0 Å². The van der Waals surface area contributed by atoms with E-state index >= 15 is 0 Å². The molecule has 1 fully saturated rings. The Kier molecular flexibility index (Phi) is 5.44. The van der Waals surface area contributed by atoms with E-state index in [1.807, 2.05) is 0 Å². The third kappa shape index (κ3) is 4.57. The molecule has 0 radical (unpaired) electrons. The van der Waals surface area contributed by atoms with E-state index in [9.17, 15) is 0 Å². The van der Waals surface area contributed by atoms with Gasteiger partial charge in [-0.15, -0.1) is 0 Å². The largest absolute Gasteiger partial charge is 0.308 e. The number of nitrogens with one attached hydrogen (secondary N) is 1. The first-order chi connectivity index (χ1) is 10.9. The van der Waals surface area contributed by atoms with E-state index in [2.05, 4.69) is 78.1 Å². The van der Waals surface area contributed by atoms with Gasteiger partial charge in [-0.2, -0.15) is 0 Å². The molecule has 1 heteroatoms. The Morgan fingerprint density at radius 2 is 1.64 bits per heavy atom. The lowest BCUT2D eigenvalue weighted by atomic mass is 9.93. The first-order valence-corrected chi connectivity index (χ1v) is 8.43. The second kappa shape index (κ2) is 7.95. The zero-order chi connectivity index (χ0) is 15.0. The molecule has 1 nitrogen and oxygen atoms in total. The molecular formula is C21H25N. The SMILES string of the molecule is C(=C\[C@@H]1CCCC(CCc2ccccc2)N1)/c1ccccc1. The molecule has 0 saturated carbocycles. The molecule has 0 bridgehead atoms. The smallest absolute Gasteiger partial charge is 0.0255 e. The van der Waals surface area contributed by atoms with Crippen LogP contribution in [0.15, 0.2) is 66.7 Å². The van der Waals surface area contributed by atoms with Crippen molar-refractivity contribution in [1.82, 2.24) is 5.32 Å². The first kappa shape index (κ1) is 15.1. The number of benzene rings is 2. The summed E-state index contributed by atoms with van der Waals surface area (Å²) in [6.07, 6.45) is 10.9. The normalized spacial score (nSPS) is 22.0. The Morgan fingerprint density at radius 1 is 0.909 bits per heavy atom. The van der Waals surface area contributed by atoms with Gasteiger partial charge in [0.15, 0.2) is 0 Å². The quantitative estimate of drug-likeness (QED) is 0.831. The van der Waals surface area contributed by atoms with Crippen LogP contribution in [0, 0.1) is 0 Å². The average molecular weight is 291 g/mol. The fourth-order valence-electron chi connectivity index (χ4n) is 3.21. The molecule has 1 aliphatic rings. The third-order valence-electron chi connectivity index (χ3n) is 4.46. The highest BCUT2D eigenvalue weighted by molar-refractivity contribution is 5.49. The number of rotatable bonds is 5. The molecule has 1 N–H and O–H groups in total. The van der Waals surface area contributed by atoms with Crippen molar-refractivity contribution in [3.8, 4) is 0 Å². The summed E-state index contributed by atoms with van der Waals surface area (Å²) in [6, 6.07) is 22.6. The van der Waals surface area contributed by atoms with Crippen LogP contribution in [0.4, 0.5) is 0 Å².